The molecule has 0 aliphatic rings. The van der Waals surface area contributed by atoms with Gasteiger partial charge in [-0.3, -0.25) is 4.79 Å². The Morgan fingerprint density at radius 2 is 1.74 bits per heavy atom. The number of para-hydroxylation sites is 1. The Morgan fingerprint density at radius 1 is 1.00 bits per heavy atom. The van der Waals surface area contributed by atoms with Crippen LogP contribution in [0.5, 0.6) is 5.75 Å². The number of aromatic nitrogens is 1. The van der Waals surface area contributed by atoms with Crippen LogP contribution in [0.2, 0.25) is 0 Å². The number of primary amides is 1. The topological polar surface area (TPSA) is 57.2 Å². The summed E-state index contributed by atoms with van der Waals surface area (Å²) in [6, 6.07) is 19.7. The Kier molecular flexibility index (Phi) is 4.24. The summed E-state index contributed by atoms with van der Waals surface area (Å²) in [5.74, 6) is -0.378. The van der Waals surface area contributed by atoms with Gasteiger partial charge in [0.2, 0.25) is 5.91 Å². The van der Waals surface area contributed by atoms with Crippen molar-refractivity contribution in [3.63, 3.8) is 0 Å². The van der Waals surface area contributed by atoms with E-state index < -0.39 is 12.5 Å². The second-order valence-corrected chi connectivity index (χ2v) is 6.19. The van der Waals surface area contributed by atoms with Gasteiger partial charge in [0.15, 0.2) is 0 Å². The summed E-state index contributed by atoms with van der Waals surface area (Å²) in [6.45, 7) is -2.43. The van der Waals surface area contributed by atoms with Crippen molar-refractivity contribution in [3.8, 4) is 5.75 Å². The average molecular weight is 366 g/mol. The van der Waals surface area contributed by atoms with Gasteiger partial charge in [0.05, 0.1) is 5.52 Å². The zero-order valence-corrected chi connectivity index (χ0v) is 14.2. The third kappa shape index (κ3) is 3.10. The molecule has 1 heterocycles. The van der Waals surface area contributed by atoms with Crippen LogP contribution in [-0.4, -0.2) is 17.1 Å². The van der Waals surface area contributed by atoms with E-state index in [2.05, 4.69) is 4.74 Å². The van der Waals surface area contributed by atoms with Gasteiger partial charge in [0.1, 0.15) is 5.75 Å². The second-order valence-electron chi connectivity index (χ2n) is 6.19. The van der Waals surface area contributed by atoms with E-state index in [9.17, 15) is 13.6 Å². The maximum absolute atomic E-state index is 12.5. The van der Waals surface area contributed by atoms with E-state index in [1.807, 2.05) is 41.0 Å². The number of hydrogen-bond acceptors (Lipinski definition) is 2. The van der Waals surface area contributed by atoms with Crippen LogP contribution in [0, 0.1) is 0 Å². The molecule has 0 bridgehead atoms. The van der Waals surface area contributed by atoms with E-state index in [1.54, 1.807) is 24.3 Å². The smallest absolute Gasteiger partial charge is 0.387 e. The van der Waals surface area contributed by atoms with Crippen LogP contribution >= 0.6 is 0 Å². The second kappa shape index (κ2) is 6.72. The number of carbonyl (C=O) groups excluding carboxylic acids is 1. The fourth-order valence-corrected chi connectivity index (χ4v) is 3.48. The molecule has 0 radical (unpaired) electrons. The molecule has 4 rings (SSSR count). The molecule has 0 fully saturated rings. The lowest BCUT2D eigenvalue weighted by atomic mass is 10.1. The lowest BCUT2D eigenvalue weighted by Crippen LogP contribution is -2.11. The summed E-state index contributed by atoms with van der Waals surface area (Å²) in [6.07, 6.45) is 0. The molecule has 0 spiro atoms. The van der Waals surface area contributed by atoms with Crippen LogP contribution in [0.3, 0.4) is 0 Å². The number of benzene rings is 3. The summed E-state index contributed by atoms with van der Waals surface area (Å²) >= 11 is 0. The lowest BCUT2D eigenvalue weighted by Gasteiger charge is -2.10. The molecule has 0 aliphatic carbocycles. The quantitative estimate of drug-likeness (QED) is 0.564. The van der Waals surface area contributed by atoms with Crippen molar-refractivity contribution in [2.45, 2.75) is 13.2 Å². The number of halogens is 2. The standard InChI is InChI=1S/C21H16F2N2O2/c22-21(23)27-14-6-3-5-13(11-14)12-25-17-9-2-1-7-15(17)19-16(20(24)26)8-4-10-18(19)25/h1-11,21H,12H2,(H2,24,26). The molecule has 0 unspecified atom stereocenters. The molecule has 2 N–H and O–H groups in total. The van der Waals surface area contributed by atoms with E-state index in [-0.39, 0.29) is 5.75 Å². The van der Waals surface area contributed by atoms with Crippen molar-refractivity contribution in [1.29, 1.82) is 0 Å². The molecule has 0 saturated heterocycles. The van der Waals surface area contributed by atoms with Crippen molar-refractivity contribution in [3.05, 3.63) is 77.9 Å². The SMILES string of the molecule is NC(=O)c1cccc2c1c1ccccc1n2Cc1cccc(OC(F)F)c1. The average Bonchev–Trinajstić information content (AvgIpc) is 2.96. The first-order valence-electron chi connectivity index (χ1n) is 8.38. The molecule has 27 heavy (non-hydrogen) atoms. The first-order valence-corrected chi connectivity index (χ1v) is 8.38. The van der Waals surface area contributed by atoms with Gasteiger partial charge in [-0.15, -0.1) is 0 Å². The van der Waals surface area contributed by atoms with Gasteiger partial charge in [-0.1, -0.05) is 36.4 Å². The maximum atomic E-state index is 12.5. The largest absolute Gasteiger partial charge is 0.435 e. The first kappa shape index (κ1) is 17.0. The van der Waals surface area contributed by atoms with E-state index in [4.69, 9.17) is 5.73 Å². The summed E-state index contributed by atoms with van der Waals surface area (Å²) in [4.78, 5) is 11.9. The summed E-state index contributed by atoms with van der Waals surface area (Å²) in [5.41, 5.74) is 8.61. The molecule has 136 valence electrons. The Labute approximate surface area is 153 Å². The van der Waals surface area contributed by atoms with Crippen LogP contribution in [-0.2, 0) is 6.54 Å². The number of ether oxygens (including phenoxy) is 1. The normalized spacial score (nSPS) is 11.4. The van der Waals surface area contributed by atoms with Gasteiger partial charge in [0, 0.05) is 28.4 Å². The first-order chi connectivity index (χ1) is 13.0. The van der Waals surface area contributed by atoms with Crippen LogP contribution in [0.15, 0.2) is 66.7 Å². The van der Waals surface area contributed by atoms with Crippen LogP contribution in [0.25, 0.3) is 21.8 Å². The predicted molar refractivity (Wildman–Crippen MR) is 100 cm³/mol. The minimum Gasteiger partial charge on any atom is -0.435 e. The minimum atomic E-state index is -2.87. The lowest BCUT2D eigenvalue weighted by molar-refractivity contribution is -0.0498. The number of fused-ring (bicyclic) bond motifs is 3. The Balaban J connectivity index is 1.89. The summed E-state index contributed by atoms with van der Waals surface area (Å²) < 4.78 is 31.5. The predicted octanol–water partition coefficient (Wildman–Crippen LogP) is 4.54. The number of nitrogens with two attached hydrogens (primary N) is 1. The molecule has 4 nitrogen and oxygen atoms in total. The zero-order chi connectivity index (χ0) is 19.0. The van der Waals surface area contributed by atoms with Crippen molar-refractivity contribution in [2.75, 3.05) is 0 Å². The highest BCUT2D eigenvalue weighted by Crippen LogP contribution is 2.32. The Morgan fingerprint density at radius 3 is 2.52 bits per heavy atom. The van der Waals surface area contributed by atoms with Crippen LogP contribution in [0.1, 0.15) is 15.9 Å². The van der Waals surface area contributed by atoms with E-state index in [0.717, 1.165) is 27.4 Å². The summed E-state index contributed by atoms with van der Waals surface area (Å²) in [7, 11) is 0. The third-order valence-electron chi connectivity index (χ3n) is 4.53. The highest BCUT2D eigenvalue weighted by molar-refractivity contribution is 6.17. The van der Waals surface area contributed by atoms with Gasteiger partial charge in [-0.05, 0) is 35.9 Å². The molecule has 3 aromatic carbocycles. The third-order valence-corrected chi connectivity index (χ3v) is 4.53. The number of carbonyl (C=O) groups is 1. The van der Waals surface area contributed by atoms with E-state index in [1.165, 1.54) is 6.07 Å². The fourth-order valence-electron chi connectivity index (χ4n) is 3.48. The highest BCUT2D eigenvalue weighted by Gasteiger charge is 2.16. The zero-order valence-electron chi connectivity index (χ0n) is 14.2. The molecule has 0 aliphatic heterocycles. The van der Waals surface area contributed by atoms with Gasteiger partial charge < -0.3 is 15.0 Å². The Hall–Kier alpha value is -3.41. The fraction of sp³-hybridized carbons (Fsp3) is 0.0952. The van der Waals surface area contributed by atoms with Gasteiger partial charge in [0.25, 0.3) is 0 Å². The summed E-state index contributed by atoms with van der Waals surface area (Å²) in [5, 5.41) is 1.71. The van der Waals surface area contributed by atoms with E-state index >= 15 is 0 Å². The van der Waals surface area contributed by atoms with Gasteiger partial charge >= 0.3 is 6.61 Å². The van der Waals surface area contributed by atoms with Crippen LogP contribution < -0.4 is 10.5 Å². The van der Waals surface area contributed by atoms with E-state index in [0.29, 0.717) is 12.1 Å². The maximum Gasteiger partial charge on any atom is 0.387 e. The number of alkyl halides is 2. The number of amides is 1. The number of nitrogens with zero attached hydrogens (tertiary/aromatic N) is 1. The van der Waals surface area contributed by atoms with Crippen molar-refractivity contribution in [1.82, 2.24) is 4.57 Å². The minimum absolute atomic E-state index is 0.112. The Bertz CT molecular complexity index is 1150. The molecule has 1 aromatic heterocycles. The van der Waals surface area contributed by atoms with Crippen LogP contribution in [0.4, 0.5) is 8.78 Å². The molecule has 0 saturated carbocycles. The molecule has 0 atom stereocenters. The van der Waals surface area contributed by atoms with Crippen molar-refractivity contribution >= 4 is 27.7 Å². The van der Waals surface area contributed by atoms with Gasteiger partial charge in [-0.2, -0.15) is 8.78 Å². The molecule has 4 aromatic rings. The van der Waals surface area contributed by atoms with Crippen molar-refractivity contribution < 1.29 is 18.3 Å². The van der Waals surface area contributed by atoms with Gasteiger partial charge in [-0.25, -0.2) is 0 Å². The molecule has 1 amide bonds. The van der Waals surface area contributed by atoms with Crippen molar-refractivity contribution in [2.24, 2.45) is 5.73 Å². The molecular weight excluding hydrogens is 350 g/mol. The molecule has 6 heteroatoms. The highest BCUT2D eigenvalue weighted by atomic mass is 19.3. The monoisotopic (exact) mass is 366 g/mol. The number of hydrogen-bond donors (Lipinski definition) is 1. The number of rotatable bonds is 5. The molecular formula is C21H16F2N2O2.